The summed E-state index contributed by atoms with van der Waals surface area (Å²) < 4.78 is 5.72. The van der Waals surface area contributed by atoms with Crippen molar-refractivity contribution in [3.63, 3.8) is 0 Å². The molecule has 2 N–H and O–H groups in total. The van der Waals surface area contributed by atoms with E-state index in [1.807, 2.05) is 24.3 Å². The summed E-state index contributed by atoms with van der Waals surface area (Å²) in [5, 5.41) is 11.0. The third-order valence-corrected chi connectivity index (χ3v) is 3.36. The van der Waals surface area contributed by atoms with E-state index in [0.717, 1.165) is 17.7 Å². The number of rotatable bonds is 5. The topological polar surface area (TPSA) is 58.6 Å². The van der Waals surface area contributed by atoms with Crippen LogP contribution in [0.15, 0.2) is 48.5 Å². The molecule has 0 spiro atoms. The van der Waals surface area contributed by atoms with Crippen molar-refractivity contribution in [3.8, 4) is 5.75 Å². The van der Waals surface area contributed by atoms with Crippen molar-refractivity contribution in [2.45, 2.75) is 25.4 Å². The lowest BCUT2D eigenvalue weighted by molar-refractivity contribution is 0.209. The minimum absolute atomic E-state index is 0.421. The molecule has 1 aliphatic carbocycles. The van der Waals surface area contributed by atoms with Crippen LogP contribution < -0.4 is 10.1 Å². The Morgan fingerprint density at radius 3 is 2.14 bits per heavy atom. The predicted octanol–water partition coefficient (Wildman–Crippen LogP) is 3.91. The summed E-state index contributed by atoms with van der Waals surface area (Å²) >= 11 is 0. The van der Waals surface area contributed by atoms with Gasteiger partial charge in [0.2, 0.25) is 0 Å². The van der Waals surface area contributed by atoms with E-state index in [4.69, 9.17) is 9.84 Å². The van der Waals surface area contributed by atoms with Crippen LogP contribution in [-0.4, -0.2) is 17.3 Å². The summed E-state index contributed by atoms with van der Waals surface area (Å²) in [6.07, 6.45) is 2.52. The second kappa shape index (κ2) is 5.87. The molecule has 0 saturated heterocycles. The number of carboxylic acid groups (broad SMARTS) is 1. The maximum atomic E-state index is 10.5. The van der Waals surface area contributed by atoms with Crippen LogP contribution in [0.25, 0.3) is 0 Å². The van der Waals surface area contributed by atoms with Crippen LogP contribution in [0, 0.1) is 0 Å². The zero-order valence-electron chi connectivity index (χ0n) is 11.6. The first-order valence-corrected chi connectivity index (χ1v) is 7.03. The van der Waals surface area contributed by atoms with E-state index in [-0.39, 0.29) is 0 Å². The van der Waals surface area contributed by atoms with Gasteiger partial charge in [-0.15, -0.1) is 0 Å². The van der Waals surface area contributed by atoms with Crippen molar-refractivity contribution in [1.29, 1.82) is 0 Å². The third kappa shape index (κ3) is 3.99. The molecule has 1 fully saturated rings. The Morgan fingerprint density at radius 1 is 1.05 bits per heavy atom. The number of benzene rings is 2. The van der Waals surface area contributed by atoms with E-state index in [9.17, 15) is 4.79 Å². The van der Waals surface area contributed by atoms with Crippen molar-refractivity contribution in [2.75, 3.05) is 5.32 Å². The number of nitrogens with one attached hydrogen (secondary N) is 1. The van der Waals surface area contributed by atoms with Gasteiger partial charge < -0.3 is 9.84 Å². The Kier molecular flexibility index (Phi) is 3.77. The van der Waals surface area contributed by atoms with Crippen LogP contribution in [0.3, 0.4) is 0 Å². The average Bonchev–Trinajstić information content (AvgIpc) is 3.27. The van der Waals surface area contributed by atoms with Crippen molar-refractivity contribution in [3.05, 3.63) is 59.7 Å². The number of hydrogen-bond donors (Lipinski definition) is 2. The van der Waals surface area contributed by atoms with Gasteiger partial charge in [-0.3, -0.25) is 5.32 Å². The molecule has 0 aromatic heterocycles. The van der Waals surface area contributed by atoms with Crippen LogP contribution in [0.4, 0.5) is 10.5 Å². The molecule has 0 aliphatic heterocycles. The van der Waals surface area contributed by atoms with Crippen LogP contribution in [-0.2, 0) is 6.42 Å². The van der Waals surface area contributed by atoms with Gasteiger partial charge in [0.05, 0.1) is 6.10 Å². The minimum Gasteiger partial charge on any atom is -0.490 e. The predicted molar refractivity (Wildman–Crippen MR) is 81.0 cm³/mol. The first-order valence-electron chi connectivity index (χ1n) is 7.03. The number of carbonyl (C=O) groups is 1. The SMILES string of the molecule is O=C(O)Nc1ccc(Cc2ccc(OC3CC3)cc2)cc1. The first-order chi connectivity index (χ1) is 10.2. The fourth-order valence-electron chi connectivity index (χ4n) is 2.13. The van der Waals surface area contributed by atoms with Crippen molar-refractivity contribution < 1.29 is 14.6 Å². The Hall–Kier alpha value is -2.49. The summed E-state index contributed by atoms with van der Waals surface area (Å²) in [7, 11) is 0. The second-order valence-electron chi connectivity index (χ2n) is 5.27. The van der Waals surface area contributed by atoms with Gasteiger partial charge in [-0.1, -0.05) is 24.3 Å². The molecule has 4 nitrogen and oxygen atoms in total. The van der Waals surface area contributed by atoms with Crippen molar-refractivity contribution in [1.82, 2.24) is 0 Å². The van der Waals surface area contributed by atoms with Crippen molar-refractivity contribution in [2.24, 2.45) is 0 Å². The van der Waals surface area contributed by atoms with Gasteiger partial charge in [0.15, 0.2) is 0 Å². The molecule has 2 aromatic carbocycles. The highest BCUT2D eigenvalue weighted by Crippen LogP contribution is 2.27. The Labute approximate surface area is 123 Å². The van der Waals surface area contributed by atoms with Gasteiger partial charge in [-0.2, -0.15) is 0 Å². The largest absolute Gasteiger partial charge is 0.490 e. The molecule has 21 heavy (non-hydrogen) atoms. The van der Waals surface area contributed by atoms with Gasteiger partial charge in [0.25, 0.3) is 0 Å². The summed E-state index contributed by atoms with van der Waals surface area (Å²) in [5.41, 5.74) is 2.93. The average molecular weight is 283 g/mol. The van der Waals surface area contributed by atoms with Gasteiger partial charge in [-0.05, 0) is 54.7 Å². The first kappa shape index (κ1) is 13.5. The number of hydrogen-bond acceptors (Lipinski definition) is 2. The lowest BCUT2D eigenvalue weighted by atomic mass is 10.0. The van der Waals surface area contributed by atoms with Gasteiger partial charge in [0.1, 0.15) is 5.75 Å². The van der Waals surface area contributed by atoms with Gasteiger partial charge in [0, 0.05) is 5.69 Å². The summed E-state index contributed by atoms with van der Waals surface area (Å²) in [6, 6.07) is 15.6. The highest BCUT2D eigenvalue weighted by molar-refractivity contribution is 5.82. The quantitative estimate of drug-likeness (QED) is 0.874. The van der Waals surface area contributed by atoms with E-state index in [1.165, 1.54) is 18.4 Å². The molecule has 108 valence electrons. The number of ether oxygens (including phenoxy) is 1. The summed E-state index contributed by atoms with van der Waals surface area (Å²) in [6.45, 7) is 0. The smallest absolute Gasteiger partial charge is 0.409 e. The maximum Gasteiger partial charge on any atom is 0.409 e. The molecule has 1 amide bonds. The normalized spacial score (nSPS) is 13.7. The Balaban J connectivity index is 1.61. The molecule has 0 radical (unpaired) electrons. The number of anilines is 1. The lowest BCUT2D eigenvalue weighted by Crippen LogP contribution is -2.06. The number of amides is 1. The standard InChI is InChI=1S/C17H17NO3/c19-17(20)18-14-5-1-12(2-6-14)11-13-3-7-15(8-4-13)21-16-9-10-16/h1-8,16,18H,9-11H2,(H,19,20). The third-order valence-electron chi connectivity index (χ3n) is 3.36. The van der Waals surface area contributed by atoms with Gasteiger partial charge in [-0.25, -0.2) is 4.79 Å². The molecule has 2 aromatic rings. The molecule has 0 heterocycles. The molecule has 4 heteroatoms. The molecule has 1 saturated carbocycles. The second-order valence-corrected chi connectivity index (χ2v) is 5.27. The summed E-state index contributed by atoms with van der Waals surface area (Å²) in [4.78, 5) is 10.5. The van der Waals surface area contributed by atoms with Gasteiger partial charge >= 0.3 is 6.09 Å². The van der Waals surface area contributed by atoms with Crippen LogP contribution in [0.5, 0.6) is 5.75 Å². The minimum atomic E-state index is -1.05. The zero-order valence-corrected chi connectivity index (χ0v) is 11.6. The Bertz CT molecular complexity index is 615. The van der Waals surface area contributed by atoms with E-state index in [2.05, 4.69) is 17.4 Å². The Morgan fingerprint density at radius 2 is 1.62 bits per heavy atom. The molecular weight excluding hydrogens is 266 g/mol. The van der Waals surface area contributed by atoms with E-state index < -0.39 is 6.09 Å². The molecule has 3 rings (SSSR count). The molecular formula is C17H17NO3. The van der Waals surface area contributed by atoms with Crippen LogP contribution >= 0.6 is 0 Å². The summed E-state index contributed by atoms with van der Waals surface area (Å²) in [5.74, 6) is 0.933. The fourth-order valence-corrected chi connectivity index (χ4v) is 2.13. The molecule has 1 aliphatic rings. The van der Waals surface area contributed by atoms with E-state index >= 15 is 0 Å². The zero-order chi connectivity index (χ0) is 14.7. The van der Waals surface area contributed by atoms with E-state index in [1.54, 1.807) is 12.1 Å². The molecule has 0 atom stereocenters. The lowest BCUT2D eigenvalue weighted by Gasteiger charge is -2.07. The molecule has 0 bridgehead atoms. The highest BCUT2D eigenvalue weighted by Gasteiger charge is 2.23. The fraction of sp³-hybridized carbons (Fsp3) is 0.235. The van der Waals surface area contributed by atoms with E-state index in [0.29, 0.717) is 11.8 Å². The molecule has 0 unspecified atom stereocenters. The monoisotopic (exact) mass is 283 g/mol. The maximum absolute atomic E-state index is 10.5. The van der Waals surface area contributed by atoms with Crippen molar-refractivity contribution >= 4 is 11.8 Å². The highest BCUT2D eigenvalue weighted by atomic mass is 16.5. The van der Waals surface area contributed by atoms with Crippen LogP contribution in [0.1, 0.15) is 24.0 Å². The van der Waals surface area contributed by atoms with Crippen LogP contribution in [0.2, 0.25) is 0 Å².